The first-order valence-corrected chi connectivity index (χ1v) is 9.27. The van der Waals surface area contributed by atoms with Crippen LogP contribution in [0.2, 0.25) is 5.02 Å². The number of benzene rings is 2. The SMILES string of the molecule is CC(NC(=O)[C@@H](NC(=O)COc1ccccc1)C(C)C)c1ccc(Cl)cc1. The van der Waals surface area contributed by atoms with Crippen LogP contribution in [0.5, 0.6) is 5.75 Å². The van der Waals surface area contributed by atoms with Gasteiger partial charge in [0.1, 0.15) is 11.8 Å². The van der Waals surface area contributed by atoms with Crippen molar-refractivity contribution in [3.05, 3.63) is 65.2 Å². The molecule has 0 bridgehead atoms. The fraction of sp³-hybridized carbons (Fsp3) is 0.333. The summed E-state index contributed by atoms with van der Waals surface area (Å²) >= 11 is 5.90. The van der Waals surface area contributed by atoms with Gasteiger partial charge >= 0.3 is 0 Å². The van der Waals surface area contributed by atoms with Gasteiger partial charge in [-0.15, -0.1) is 0 Å². The summed E-state index contributed by atoms with van der Waals surface area (Å²) in [6, 6.07) is 15.5. The highest BCUT2D eigenvalue weighted by Crippen LogP contribution is 2.16. The monoisotopic (exact) mass is 388 g/mol. The second kappa shape index (κ2) is 9.97. The Kier molecular flexibility index (Phi) is 7.67. The number of hydrogen-bond acceptors (Lipinski definition) is 3. The van der Waals surface area contributed by atoms with E-state index in [9.17, 15) is 9.59 Å². The van der Waals surface area contributed by atoms with E-state index in [1.807, 2.05) is 51.1 Å². The molecule has 2 N–H and O–H groups in total. The van der Waals surface area contributed by atoms with Crippen molar-refractivity contribution in [2.75, 3.05) is 6.61 Å². The van der Waals surface area contributed by atoms with E-state index in [1.54, 1.807) is 24.3 Å². The quantitative estimate of drug-likeness (QED) is 0.723. The van der Waals surface area contributed by atoms with Crippen LogP contribution in [0.1, 0.15) is 32.4 Å². The van der Waals surface area contributed by atoms with Crippen LogP contribution in [0, 0.1) is 5.92 Å². The van der Waals surface area contributed by atoms with Gasteiger partial charge in [0, 0.05) is 5.02 Å². The molecule has 0 aromatic heterocycles. The lowest BCUT2D eigenvalue weighted by Crippen LogP contribution is -2.51. The summed E-state index contributed by atoms with van der Waals surface area (Å²) in [7, 11) is 0. The molecule has 2 aromatic carbocycles. The molecule has 5 nitrogen and oxygen atoms in total. The number of hydrogen-bond donors (Lipinski definition) is 2. The van der Waals surface area contributed by atoms with Gasteiger partial charge in [-0.25, -0.2) is 0 Å². The molecule has 2 aromatic rings. The summed E-state index contributed by atoms with van der Waals surface area (Å²) in [6.07, 6.45) is 0. The molecule has 0 aliphatic carbocycles. The number of halogens is 1. The first kappa shape index (κ1) is 20.8. The molecule has 0 heterocycles. The van der Waals surface area contributed by atoms with Crippen LogP contribution >= 0.6 is 11.6 Å². The van der Waals surface area contributed by atoms with Gasteiger partial charge in [0.25, 0.3) is 5.91 Å². The van der Waals surface area contributed by atoms with Crippen molar-refractivity contribution in [3.63, 3.8) is 0 Å². The van der Waals surface area contributed by atoms with E-state index in [0.717, 1.165) is 5.56 Å². The van der Waals surface area contributed by atoms with E-state index in [4.69, 9.17) is 16.3 Å². The fourth-order valence-corrected chi connectivity index (χ4v) is 2.68. The van der Waals surface area contributed by atoms with E-state index < -0.39 is 6.04 Å². The minimum absolute atomic E-state index is 0.0666. The number of nitrogens with one attached hydrogen (secondary N) is 2. The molecule has 0 saturated heterocycles. The Labute approximate surface area is 165 Å². The smallest absolute Gasteiger partial charge is 0.258 e. The van der Waals surface area contributed by atoms with Crippen LogP contribution in [-0.2, 0) is 9.59 Å². The van der Waals surface area contributed by atoms with Gasteiger partial charge in [-0.2, -0.15) is 0 Å². The Balaban J connectivity index is 1.91. The second-order valence-corrected chi connectivity index (χ2v) is 7.11. The highest BCUT2D eigenvalue weighted by molar-refractivity contribution is 6.30. The van der Waals surface area contributed by atoms with Gasteiger partial charge in [-0.05, 0) is 42.7 Å². The number of amides is 2. The van der Waals surface area contributed by atoms with Crippen molar-refractivity contribution in [1.82, 2.24) is 10.6 Å². The van der Waals surface area contributed by atoms with Crippen molar-refractivity contribution < 1.29 is 14.3 Å². The zero-order valence-corrected chi connectivity index (χ0v) is 16.5. The standard InChI is InChI=1S/C21H25ClN2O3/c1-14(2)20(24-19(25)13-27-18-7-5-4-6-8-18)21(26)23-15(3)16-9-11-17(22)12-10-16/h4-12,14-15,20H,13H2,1-3H3,(H,23,26)(H,24,25)/t15?,20-/m0/s1. The summed E-state index contributed by atoms with van der Waals surface area (Å²) < 4.78 is 5.43. The van der Waals surface area contributed by atoms with E-state index in [1.165, 1.54) is 0 Å². The number of para-hydroxylation sites is 1. The Hall–Kier alpha value is -2.53. The normalized spacial score (nSPS) is 12.9. The van der Waals surface area contributed by atoms with Crippen molar-refractivity contribution in [2.24, 2.45) is 5.92 Å². The van der Waals surface area contributed by atoms with E-state index in [0.29, 0.717) is 10.8 Å². The summed E-state index contributed by atoms with van der Waals surface area (Å²) in [5.74, 6) is -0.0370. The number of rotatable bonds is 8. The predicted molar refractivity (Wildman–Crippen MR) is 107 cm³/mol. The van der Waals surface area contributed by atoms with Gasteiger partial charge in [0.05, 0.1) is 6.04 Å². The zero-order valence-electron chi connectivity index (χ0n) is 15.7. The molecule has 0 radical (unpaired) electrons. The van der Waals surface area contributed by atoms with Crippen LogP contribution in [0.4, 0.5) is 0 Å². The van der Waals surface area contributed by atoms with Gasteiger partial charge in [-0.1, -0.05) is 55.8 Å². The molecule has 0 fully saturated rings. The molecule has 2 amide bonds. The molecular formula is C21H25ClN2O3. The maximum Gasteiger partial charge on any atom is 0.258 e. The Morgan fingerprint density at radius 2 is 1.59 bits per heavy atom. The lowest BCUT2D eigenvalue weighted by atomic mass is 10.0. The summed E-state index contributed by atoms with van der Waals surface area (Å²) in [5.41, 5.74) is 0.939. The molecule has 1 unspecified atom stereocenters. The van der Waals surface area contributed by atoms with Gasteiger partial charge in [0.2, 0.25) is 5.91 Å². The lowest BCUT2D eigenvalue weighted by molar-refractivity contribution is -0.131. The number of carbonyl (C=O) groups excluding carboxylic acids is 2. The molecule has 2 rings (SSSR count). The van der Waals surface area contributed by atoms with Gasteiger partial charge in [-0.3, -0.25) is 9.59 Å². The second-order valence-electron chi connectivity index (χ2n) is 6.67. The molecule has 0 spiro atoms. The Bertz CT molecular complexity index is 748. The van der Waals surface area contributed by atoms with Crippen molar-refractivity contribution in [1.29, 1.82) is 0 Å². The third-order valence-electron chi connectivity index (χ3n) is 4.11. The summed E-state index contributed by atoms with van der Waals surface area (Å²) in [4.78, 5) is 24.9. The summed E-state index contributed by atoms with van der Waals surface area (Å²) in [6.45, 7) is 5.51. The maximum atomic E-state index is 12.7. The highest BCUT2D eigenvalue weighted by atomic mass is 35.5. The van der Waals surface area contributed by atoms with Crippen molar-refractivity contribution in [2.45, 2.75) is 32.9 Å². The molecule has 144 valence electrons. The summed E-state index contributed by atoms with van der Waals surface area (Å²) in [5, 5.41) is 6.34. The average Bonchev–Trinajstić information content (AvgIpc) is 2.65. The maximum absolute atomic E-state index is 12.7. The van der Waals surface area contributed by atoms with Gasteiger partial charge < -0.3 is 15.4 Å². The molecule has 0 saturated carbocycles. The van der Waals surface area contributed by atoms with Crippen molar-refractivity contribution >= 4 is 23.4 Å². The largest absolute Gasteiger partial charge is 0.484 e. The molecular weight excluding hydrogens is 364 g/mol. The van der Waals surface area contributed by atoms with E-state index in [-0.39, 0.29) is 30.4 Å². The third-order valence-corrected chi connectivity index (χ3v) is 4.36. The minimum Gasteiger partial charge on any atom is -0.484 e. The van der Waals surface area contributed by atoms with E-state index in [2.05, 4.69) is 10.6 Å². The first-order chi connectivity index (χ1) is 12.9. The average molecular weight is 389 g/mol. The van der Waals surface area contributed by atoms with Crippen LogP contribution < -0.4 is 15.4 Å². The number of carbonyl (C=O) groups is 2. The molecule has 0 aliphatic rings. The molecule has 27 heavy (non-hydrogen) atoms. The molecule has 2 atom stereocenters. The topological polar surface area (TPSA) is 67.4 Å². The first-order valence-electron chi connectivity index (χ1n) is 8.90. The van der Waals surface area contributed by atoms with Crippen LogP contribution in [-0.4, -0.2) is 24.5 Å². The minimum atomic E-state index is -0.647. The molecule has 6 heteroatoms. The third kappa shape index (κ3) is 6.61. The highest BCUT2D eigenvalue weighted by Gasteiger charge is 2.25. The van der Waals surface area contributed by atoms with Crippen LogP contribution in [0.3, 0.4) is 0 Å². The van der Waals surface area contributed by atoms with Gasteiger partial charge in [0.15, 0.2) is 6.61 Å². The fourth-order valence-electron chi connectivity index (χ4n) is 2.55. The predicted octanol–water partition coefficient (Wildman–Crippen LogP) is 3.74. The zero-order chi connectivity index (χ0) is 19.8. The Morgan fingerprint density at radius 3 is 2.19 bits per heavy atom. The van der Waals surface area contributed by atoms with E-state index >= 15 is 0 Å². The van der Waals surface area contributed by atoms with Crippen LogP contribution in [0.15, 0.2) is 54.6 Å². The molecule has 0 aliphatic heterocycles. The van der Waals surface area contributed by atoms with Crippen LogP contribution in [0.25, 0.3) is 0 Å². The number of ether oxygens (including phenoxy) is 1. The van der Waals surface area contributed by atoms with Crippen molar-refractivity contribution in [3.8, 4) is 5.75 Å². The lowest BCUT2D eigenvalue weighted by Gasteiger charge is -2.24. The Morgan fingerprint density at radius 1 is 0.963 bits per heavy atom.